The molecule has 0 N–H and O–H groups in total. The average molecular weight is 453 g/mol. The van der Waals surface area contributed by atoms with Gasteiger partial charge in [-0.25, -0.2) is 4.79 Å². The summed E-state index contributed by atoms with van der Waals surface area (Å²) in [6, 6.07) is 5.61. The lowest BCUT2D eigenvalue weighted by atomic mass is 9.75. The quantitative estimate of drug-likeness (QED) is 0.412. The van der Waals surface area contributed by atoms with E-state index in [1.807, 2.05) is 18.2 Å². The van der Waals surface area contributed by atoms with Gasteiger partial charge in [0.2, 0.25) is 0 Å². The lowest BCUT2D eigenvalue weighted by Crippen LogP contribution is -2.37. The van der Waals surface area contributed by atoms with E-state index in [0.29, 0.717) is 29.1 Å². The number of hydrogen-bond donors (Lipinski definition) is 0. The molecule has 0 aliphatic heterocycles. The number of hydrogen-bond acceptors (Lipinski definition) is 3. The first kappa shape index (κ1) is 23.3. The molecule has 0 saturated heterocycles. The Bertz CT molecular complexity index is 645. The maximum Gasteiger partial charge on any atom is 0.342 e. The molecule has 158 valence electrons. The number of rotatable bonds is 7. The summed E-state index contributed by atoms with van der Waals surface area (Å²) < 4.78 is 13.3. The molecule has 4 heteroatoms. The average Bonchev–Trinajstić information content (AvgIpc) is 2.58. The lowest BCUT2D eigenvalue weighted by Gasteiger charge is -2.37. The van der Waals surface area contributed by atoms with Crippen molar-refractivity contribution in [2.75, 3.05) is 0 Å². The van der Waals surface area contributed by atoms with Crippen LogP contribution in [0, 0.1) is 29.6 Å². The number of esters is 1. The molecule has 1 aliphatic carbocycles. The summed E-state index contributed by atoms with van der Waals surface area (Å²) in [4.78, 5) is 13.0. The molecular weight excluding hydrogens is 416 g/mol. The highest BCUT2D eigenvalue weighted by molar-refractivity contribution is 9.10. The molecule has 1 saturated carbocycles. The summed E-state index contributed by atoms with van der Waals surface area (Å²) in [7, 11) is 0. The highest BCUT2D eigenvalue weighted by Gasteiger charge is 2.33. The molecule has 0 bridgehead atoms. The minimum Gasteiger partial charge on any atom is -0.489 e. The molecule has 0 unspecified atom stereocenters. The van der Waals surface area contributed by atoms with E-state index in [9.17, 15) is 4.79 Å². The van der Waals surface area contributed by atoms with E-state index in [1.54, 1.807) is 0 Å². The largest absolute Gasteiger partial charge is 0.489 e. The summed E-state index contributed by atoms with van der Waals surface area (Å²) >= 11 is 3.53. The summed E-state index contributed by atoms with van der Waals surface area (Å²) in [5, 5.41) is 0. The molecule has 0 spiro atoms. The van der Waals surface area contributed by atoms with Crippen molar-refractivity contribution >= 4 is 21.9 Å². The number of halogens is 1. The maximum atomic E-state index is 13.0. The van der Waals surface area contributed by atoms with Gasteiger partial charge >= 0.3 is 5.97 Å². The molecule has 28 heavy (non-hydrogen) atoms. The van der Waals surface area contributed by atoms with Gasteiger partial charge in [-0.1, -0.05) is 70.8 Å². The zero-order valence-electron chi connectivity index (χ0n) is 18.5. The molecule has 2 rings (SSSR count). The second-order valence-electron chi connectivity index (χ2n) is 9.48. The molecule has 0 aromatic heterocycles. The smallest absolute Gasteiger partial charge is 0.342 e. The lowest BCUT2D eigenvalue weighted by molar-refractivity contribution is 0.00180. The fourth-order valence-electron chi connectivity index (χ4n) is 4.40. The Morgan fingerprint density at radius 1 is 1.07 bits per heavy atom. The monoisotopic (exact) mass is 452 g/mol. The zero-order valence-corrected chi connectivity index (χ0v) is 20.1. The number of carbonyl (C=O) groups is 1. The van der Waals surface area contributed by atoms with E-state index >= 15 is 0 Å². The van der Waals surface area contributed by atoms with E-state index < -0.39 is 0 Å². The standard InChI is InChI=1S/C24H37BrO3/c1-14(2)19-10-8-17(7)12-21(19)27-22-13-18(25)9-11-20(22)24(26)28-23(15(3)4)16(5)6/h9,11,13-17,19,21,23H,8,10,12H2,1-7H3/t17-,19+,21-/m1/s1. The molecule has 1 aromatic carbocycles. The van der Waals surface area contributed by atoms with E-state index in [4.69, 9.17) is 9.47 Å². The first-order valence-electron chi connectivity index (χ1n) is 10.8. The highest BCUT2D eigenvalue weighted by Crippen LogP contribution is 2.37. The molecule has 3 atom stereocenters. The van der Waals surface area contributed by atoms with E-state index in [-0.39, 0.29) is 30.0 Å². The number of ether oxygens (including phenoxy) is 2. The van der Waals surface area contributed by atoms with Crippen molar-refractivity contribution in [2.45, 2.75) is 79.9 Å². The SMILES string of the molecule is CC(C)C(OC(=O)c1ccc(Br)cc1O[C@@H]1C[C@H](C)CC[C@H]1C(C)C)C(C)C. The molecule has 0 heterocycles. The Hall–Kier alpha value is -1.03. The Labute approximate surface area is 179 Å². The molecule has 1 aromatic rings. The molecule has 3 nitrogen and oxygen atoms in total. The number of benzene rings is 1. The Morgan fingerprint density at radius 2 is 1.71 bits per heavy atom. The molecule has 0 amide bonds. The van der Waals surface area contributed by atoms with Crippen LogP contribution in [0.5, 0.6) is 5.75 Å². The minimum atomic E-state index is -0.292. The first-order valence-corrected chi connectivity index (χ1v) is 11.6. The Balaban J connectivity index is 2.27. The van der Waals surface area contributed by atoms with Crippen molar-refractivity contribution in [3.8, 4) is 5.75 Å². The molecule has 1 aliphatic rings. The minimum absolute atomic E-state index is 0.109. The third kappa shape index (κ3) is 5.98. The van der Waals surface area contributed by atoms with Gasteiger partial charge in [-0.15, -0.1) is 0 Å². The van der Waals surface area contributed by atoms with Crippen LogP contribution in [-0.2, 0) is 4.74 Å². The van der Waals surface area contributed by atoms with Crippen LogP contribution in [0.4, 0.5) is 0 Å². The Morgan fingerprint density at radius 3 is 2.29 bits per heavy atom. The second-order valence-corrected chi connectivity index (χ2v) is 10.4. The summed E-state index contributed by atoms with van der Waals surface area (Å²) in [5.74, 6) is 2.61. The topological polar surface area (TPSA) is 35.5 Å². The molecule has 1 fully saturated rings. The van der Waals surface area contributed by atoms with Crippen LogP contribution in [0.25, 0.3) is 0 Å². The van der Waals surface area contributed by atoms with Gasteiger partial charge < -0.3 is 9.47 Å². The predicted octanol–water partition coefficient (Wildman–Crippen LogP) is 7.13. The second kappa shape index (κ2) is 10.1. The summed E-state index contributed by atoms with van der Waals surface area (Å²) in [5.41, 5.74) is 0.523. The van der Waals surface area contributed by atoms with Crippen molar-refractivity contribution in [1.82, 2.24) is 0 Å². The van der Waals surface area contributed by atoms with Crippen LogP contribution in [0.2, 0.25) is 0 Å². The van der Waals surface area contributed by atoms with Crippen molar-refractivity contribution in [3.05, 3.63) is 28.2 Å². The van der Waals surface area contributed by atoms with Gasteiger partial charge in [0.25, 0.3) is 0 Å². The maximum absolute atomic E-state index is 13.0. The summed E-state index contributed by atoms with van der Waals surface area (Å²) in [6.07, 6.45) is 3.49. The normalized spacial score (nSPS) is 22.9. The van der Waals surface area contributed by atoms with Crippen molar-refractivity contribution in [2.24, 2.45) is 29.6 Å². The van der Waals surface area contributed by atoms with E-state index in [1.165, 1.54) is 12.8 Å². The van der Waals surface area contributed by atoms with Crippen molar-refractivity contribution in [3.63, 3.8) is 0 Å². The van der Waals surface area contributed by atoms with E-state index in [0.717, 1.165) is 10.9 Å². The van der Waals surface area contributed by atoms with Gasteiger partial charge in [0, 0.05) is 4.47 Å². The van der Waals surface area contributed by atoms with Crippen LogP contribution >= 0.6 is 15.9 Å². The van der Waals surface area contributed by atoms with Crippen LogP contribution in [-0.4, -0.2) is 18.2 Å². The van der Waals surface area contributed by atoms with Gasteiger partial charge in [-0.3, -0.25) is 0 Å². The van der Waals surface area contributed by atoms with Crippen LogP contribution in [0.1, 0.15) is 78.1 Å². The van der Waals surface area contributed by atoms with Crippen LogP contribution in [0.15, 0.2) is 22.7 Å². The van der Waals surface area contributed by atoms with Gasteiger partial charge in [0.1, 0.15) is 23.5 Å². The fraction of sp³-hybridized carbons (Fsp3) is 0.708. The van der Waals surface area contributed by atoms with Crippen molar-refractivity contribution < 1.29 is 14.3 Å². The predicted molar refractivity (Wildman–Crippen MR) is 119 cm³/mol. The van der Waals surface area contributed by atoms with E-state index in [2.05, 4.69) is 64.4 Å². The third-order valence-corrected chi connectivity index (χ3v) is 6.45. The van der Waals surface area contributed by atoms with Crippen LogP contribution < -0.4 is 4.74 Å². The van der Waals surface area contributed by atoms with Gasteiger partial charge in [-0.05, 0) is 60.6 Å². The first-order chi connectivity index (χ1) is 13.1. The van der Waals surface area contributed by atoms with Gasteiger partial charge in [0.05, 0.1) is 0 Å². The number of carbonyl (C=O) groups excluding carboxylic acids is 1. The van der Waals surface area contributed by atoms with Gasteiger partial charge in [0.15, 0.2) is 0 Å². The van der Waals surface area contributed by atoms with Gasteiger partial charge in [-0.2, -0.15) is 0 Å². The zero-order chi connectivity index (χ0) is 21.0. The molecule has 0 radical (unpaired) electrons. The fourth-order valence-corrected chi connectivity index (χ4v) is 4.74. The Kier molecular flexibility index (Phi) is 8.42. The van der Waals surface area contributed by atoms with Crippen molar-refractivity contribution in [1.29, 1.82) is 0 Å². The summed E-state index contributed by atoms with van der Waals surface area (Å²) in [6.45, 7) is 15.2. The third-order valence-electron chi connectivity index (χ3n) is 5.96. The molecular formula is C24H37BrO3. The van der Waals surface area contributed by atoms with Crippen LogP contribution in [0.3, 0.4) is 0 Å². The highest BCUT2D eigenvalue weighted by atomic mass is 79.9.